The van der Waals surface area contributed by atoms with Crippen LogP contribution in [0.25, 0.3) is 0 Å². The van der Waals surface area contributed by atoms with Gasteiger partial charge in [-0.2, -0.15) is 0 Å². The van der Waals surface area contributed by atoms with Crippen LogP contribution in [0.1, 0.15) is 55.3 Å². The number of benzene rings is 1. The molecule has 0 spiro atoms. The van der Waals surface area contributed by atoms with Crippen molar-refractivity contribution in [3.8, 4) is 0 Å². The summed E-state index contributed by atoms with van der Waals surface area (Å²) in [5.41, 5.74) is 4.26. The molecule has 0 heterocycles. The third-order valence-electron chi connectivity index (χ3n) is 4.18. The molecule has 1 aromatic rings. The predicted octanol–water partition coefficient (Wildman–Crippen LogP) is 4.91. The average molecular weight is 310 g/mol. The Morgan fingerprint density at radius 3 is 2.50 bits per heavy atom. The molecule has 0 amide bonds. The van der Waals surface area contributed by atoms with Crippen LogP contribution in [0.5, 0.6) is 0 Å². The van der Waals surface area contributed by atoms with Crippen molar-refractivity contribution in [2.45, 2.75) is 52.5 Å². The van der Waals surface area contributed by atoms with Crippen molar-refractivity contribution in [1.82, 2.24) is 5.32 Å². The zero-order valence-electron chi connectivity index (χ0n) is 11.7. The highest BCUT2D eigenvalue weighted by Gasteiger charge is 2.26. The van der Waals surface area contributed by atoms with Gasteiger partial charge < -0.3 is 5.32 Å². The molecule has 100 valence electrons. The van der Waals surface area contributed by atoms with Gasteiger partial charge in [0, 0.05) is 10.5 Å². The zero-order valence-corrected chi connectivity index (χ0v) is 13.3. The van der Waals surface area contributed by atoms with Crippen molar-refractivity contribution in [1.29, 1.82) is 0 Å². The lowest BCUT2D eigenvalue weighted by molar-refractivity contribution is 0.373. The summed E-state index contributed by atoms with van der Waals surface area (Å²) in [6.07, 6.45) is 5.57. The topological polar surface area (TPSA) is 12.0 Å². The fourth-order valence-electron chi connectivity index (χ4n) is 3.18. The van der Waals surface area contributed by atoms with Gasteiger partial charge in [0.15, 0.2) is 0 Å². The maximum absolute atomic E-state index is 3.71. The molecule has 1 atom stereocenters. The Balaban J connectivity index is 2.32. The van der Waals surface area contributed by atoms with E-state index in [1.807, 2.05) is 0 Å². The number of hydrogen-bond acceptors (Lipinski definition) is 1. The molecule has 2 rings (SSSR count). The highest BCUT2D eigenvalue weighted by Crippen LogP contribution is 2.37. The molecule has 1 N–H and O–H groups in total. The lowest BCUT2D eigenvalue weighted by atomic mass is 9.88. The normalized spacial score (nSPS) is 18.2. The van der Waals surface area contributed by atoms with Crippen molar-refractivity contribution in [2.75, 3.05) is 6.54 Å². The van der Waals surface area contributed by atoms with Crippen molar-refractivity contribution < 1.29 is 0 Å². The Morgan fingerprint density at radius 2 is 1.89 bits per heavy atom. The smallest absolute Gasteiger partial charge is 0.0351 e. The van der Waals surface area contributed by atoms with E-state index < -0.39 is 0 Å². The summed E-state index contributed by atoms with van der Waals surface area (Å²) >= 11 is 3.63. The minimum atomic E-state index is 0.546. The maximum atomic E-state index is 3.71. The van der Waals surface area contributed by atoms with Gasteiger partial charge in [0.25, 0.3) is 0 Å². The van der Waals surface area contributed by atoms with Crippen LogP contribution in [0, 0.1) is 19.8 Å². The molecule has 1 aromatic carbocycles. The Kier molecular flexibility index (Phi) is 4.85. The van der Waals surface area contributed by atoms with Crippen LogP contribution >= 0.6 is 15.9 Å². The zero-order chi connectivity index (χ0) is 13.1. The number of hydrogen-bond donors (Lipinski definition) is 1. The van der Waals surface area contributed by atoms with Crippen molar-refractivity contribution in [3.05, 3.63) is 33.3 Å². The Morgan fingerprint density at radius 1 is 1.22 bits per heavy atom. The number of aryl methyl sites for hydroxylation is 2. The molecule has 1 aliphatic rings. The van der Waals surface area contributed by atoms with E-state index in [-0.39, 0.29) is 0 Å². The lowest BCUT2D eigenvalue weighted by Crippen LogP contribution is -2.27. The molecule has 0 bridgehead atoms. The molecular weight excluding hydrogens is 286 g/mol. The Labute approximate surface area is 119 Å². The van der Waals surface area contributed by atoms with Crippen LogP contribution in [0.15, 0.2) is 16.6 Å². The fraction of sp³-hybridized carbons (Fsp3) is 0.625. The third kappa shape index (κ3) is 2.97. The lowest BCUT2D eigenvalue weighted by Gasteiger charge is -2.27. The van der Waals surface area contributed by atoms with Gasteiger partial charge in [-0.1, -0.05) is 41.8 Å². The van der Waals surface area contributed by atoms with Gasteiger partial charge in [-0.05, 0) is 61.9 Å². The van der Waals surface area contributed by atoms with Gasteiger partial charge in [0.1, 0.15) is 0 Å². The van der Waals surface area contributed by atoms with Crippen LogP contribution in [0.2, 0.25) is 0 Å². The quantitative estimate of drug-likeness (QED) is 0.833. The number of rotatable bonds is 4. The first kappa shape index (κ1) is 14.1. The molecule has 1 nitrogen and oxygen atoms in total. The van der Waals surface area contributed by atoms with Gasteiger partial charge in [-0.15, -0.1) is 0 Å². The maximum Gasteiger partial charge on any atom is 0.0351 e. The molecule has 2 heteroatoms. The molecule has 1 saturated carbocycles. The monoisotopic (exact) mass is 309 g/mol. The highest BCUT2D eigenvalue weighted by atomic mass is 79.9. The van der Waals surface area contributed by atoms with E-state index in [1.54, 1.807) is 0 Å². The highest BCUT2D eigenvalue weighted by molar-refractivity contribution is 9.10. The fourth-order valence-corrected chi connectivity index (χ4v) is 3.64. The third-order valence-corrected chi connectivity index (χ3v) is 5.03. The molecule has 0 aliphatic heterocycles. The second kappa shape index (κ2) is 6.21. The summed E-state index contributed by atoms with van der Waals surface area (Å²) in [7, 11) is 0. The van der Waals surface area contributed by atoms with Crippen LogP contribution in [0.3, 0.4) is 0 Å². The van der Waals surface area contributed by atoms with Gasteiger partial charge in [-0.3, -0.25) is 0 Å². The van der Waals surface area contributed by atoms with Gasteiger partial charge in [-0.25, -0.2) is 0 Å². The van der Waals surface area contributed by atoms with Crippen LogP contribution in [-0.2, 0) is 0 Å². The first-order chi connectivity index (χ1) is 8.63. The minimum absolute atomic E-state index is 0.546. The van der Waals surface area contributed by atoms with Gasteiger partial charge in [0.05, 0.1) is 0 Å². The Hall–Kier alpha value is -0.340. The van der Waals surface area contributed by atoms with Crippen LogP contribution in [-0.4, -0.2) is 6.54 Å². The van der Waals surface area contributed by atoms with E-state index in [0.717, 1.165) is 12.5 Å². The second-order valence-electron chi connectivity index (χ2n) is 5.54. The van der Waals surface area contributed by atoms with Gasteiger partial charge in [0.2, 0.25) is 0 Å². The summed E-state index contributed by atoms with van der Waals surface area (Å²) in [6.45, 7) is 7.68. The van der Waals surface area contributed by atoms with E-state index in [0.29, 0.717) is 6.04 Å². The van der Waals surface area contributed by atoms with Crippen molar-refractivity contribution >= 4 is 15.9 Å². The van der Waals surface area contributed by atoms with E-state index in [1.165, 1.54) is 46.8 Å². The molecule has 1 unspecified atom stereocenters. The Bertz CT molecular complexity index is 408. The molecule has 0 radical (unpaired) electrons. The predicted molar refractivity (Wildman–Crippen MR) is 82.0 cm³/mol. The molecule has 1 aliphatic carbocycles. The minimum Gasteiger partial charge on any atom is -0.310 e. The van der Waals surface area contributed by atoms with E-state index in [2.05, 4.69) is 54.2 Å². The molecule has 0 saturated heterocycles. The van der Waals surface area contributed by atoms with Crippen LogP contribution < -0.4 is 5.32 Å². The first-order valence-electron chi connectivity index (χ1n) is 7.13. The molecule has 1 fully saturated rings. The van der Waals surface area contributed by atoms with E-state index in [9.17, 15) is 0 Å². The summed E-state index contributed by atoms with van der Waals surface area (Å²) in [6, 6.07) is 5.18. The van der Waals surface area contributed by atoms with Crippen molar-refractivity contribution in [2.24, 2.45) is 5.92 Å². The number of halogens is 1. The summed E-state index contributed by atoms with van der Waals surface area (Å²) in [5.74, 6) is 0.823. The summed E-state index contributed by atoms with van der Waals surface area (Å²) in [4.78, 5) is 0. The van der Waals surface area contributed by atoms with Crippen molar-refractivity contribution in [3.63, 3.8) is 0 Å². The molecular formula is C16H24BrN. The standard InChI is InChI=1S/C16H24BrN/c1-4-18-16(13-7-5-6-8-13)14-9-12(3)15(17)10-11(14)2/h9-10,13,16,18H,4-8H2,1-3H3. The second-order valence-corrected chi connectivity index (χ2v) is 6.39. The van der Waals surface area contributed by atoms with E-state index >= 15 is 0 Å². The molecule has 0 aromatic heterocycles. The van der Waals surface area contributed by atoms with Gasteiger partial charge >= 0.3 is 0 Å². The van der Waals surface area contributed by atoms with E-state index in [4.69, 9.17) is 0 Å². The average Bonchev–Trinajstić information content (AvgIpc) is 2.85. The van der Waals surface area contributed by atoms with Crippen LogP contribution in [0.4, 0.5) is 0 Å². The number of nitrogens with one attached hydrogen (secondary N) is 1. The summed E-state index contributed by atoms with van der Waals surface area (Å²) < 4.78 is 1.23. The molecule has 18 heavy (non-hydrogen) atoms. The SMILES string of the molecule is CCNC(c1cc(C)c(Br)cc1C)C1CCCC1. The first-order valence-corrected chi connectivity index (χ1v) is 7.92. The largest absolute Gasteiger partial charge is 0.310 e. The summed E-state index contributed by atoms with van der Waals surface area (Å²) in [5, 5.41) is 3.71.